The molecule has 0 saturated heterocycles. The van der Waals surface area contributed by atoms with E-state index in [0.29, 0.717) is 17.1 Å². The Balaban J connectivity index is 2.95. The van der Waals surface area contributed by atoms with Gasteiger partial charge in [0.2, 0.25) is 0 Å². The molecule has 1 amide bonds. The number of hydrogen-bond donors (Lipinski definition) is 1. The predicted molar refractivity (Wildman–Crippen MR) is 74.9 cm³/mol. The zero-order valence-electron chi connectivity index (χ0n) is 10.8. The van der Waals surface area contributed by atoms with Crippen LogP contribution in [-0.2, 0) is 0 Å². The Morgan fingerprint density at radius 3 is 2.61 bits per heavy atom. The van der Waals surface area contributed by atoms with Gasteiger partial charge in [0.1, 0.15) is 11.5 Å². The molecule has 1 aromatic carbocycles. The molecule has 5 heteroatoms. The summed E-state index contributed by atoms with van der Waals surface area (Å²) >= 11 is 3.37. The van der Waals surface area contributed by atoms with Crippen LogP contribution in [0.3, 0.4) is 0 Å². The Hall–Kier alpha value is -1.23. The molecule has 4 nitrogen and oxygen atoms in total. The number of carbonyl (C=O) groups excluding carboxylic acids is 1. The molecule has 0 bridgehead atoms. The van der Waals surface area contributed by atoms with E-state index < -0.39 is 0 Å². The average molecular weight is 316 g/mol. The highest BCUT2D eigenvalue weighted by atomic mass is 79.9. The minimum atomic E-state index is -0.156. The molecule has 0 fully saturated rings. The van der Waals surface area contributed by atoms with E-state index in [4.69, 9.17) is 9.47 Å². The average Bonchev–Trinajstić information content (AvgIpc) is 2.43. The first kappa shape index (κ1) is 14.8. The second-order valence-corrected chi connectivity index (χ2v) is 4.45. The Kier molecular flexibility index (Phi) is 5.98. The van der Waals surface area contributed by atoms with Crippen LogP contribution in [0.25, 0.3) is 0 Å². The van der Waals surface area contributed by atoms with E-state index in [2.05, 4.69) is 21.2 Å². The van der Waals surface area contributed by atoms with Crippen LogP contribution in [0, 0.1) is 0 Å². The van der Waals surface area contributed by atoms with Gasteiger partial charge in [0.05, 0.1) is 19.8 Å². The second-order valence-electron chi connectivity index (χ2n) is 3.80. The maximum absolute atomic E-state index is 12.2. The van der Waals surface area contributed by atoms with E-state index >= 15 is 0 Å². The van der Waals surface area contributed by atoms with Gasteiger partial charge >= 0.3 is 0 Å². The predicted octanol–water partition coefficient (Wildman–Crippen LogP) is 2.61. The third kappa shape index (κ3) is 3.63. The van der Waals surface area contributed by atoms with Crippen molar-refractivity contribution in [1.82, 2.24) is 5.32 Å². The molecular formula is C13H18BrNO3. The van der Waals surface area contributed by atoms with Gasteiger partial charge in [-0.15, -0.1) is 0 Å². The fraction of sp³-hybridized carbons (Fsp3) is 0.462. The van der Waals surface area contributed by atoms with Crippen LogP contribution < -0.4 is 14.8 Å². The number of carbonyl (C=O) groups is 1. The Morgan fingerprint density at radius 2 is 2.11 bits per heavy atom. The van der Waals surface area contributed by atoms with Gasteiger partial charge in [-0.3, -0.25) is 4.79 Å². The van der Waals surface area contributed by atoms with Crippen LogP contribution in [0.15, 0.2) is 18.2 Å². The van der Waals surface area contributed by atoms with Crippen LogP contribution in [0.2, 0.25) is 0 Å². The molecule has 0 radical (unpaired) electrons. The lowest BCUT2D eigenvalue weighted by Crippen LogP contribution is -2.35. The number of rotatable bonds is 6. The van der Waals surface area contributed by atoms with E-state index in [1.165, 1.54) is 0 Å². The first-order valence-electron chi connectivity index (χ1n) is 5.75. The highest BCUT2D eigenvalue weighted by molar-refractivity contribution is 9.09. The number of methoxy groups -OCH3 is 2. The van der Waals surface area contributed by atoms with Crippen LogP contribution in [-0.4, -0.2) is 31.5 Å². The molecule has 1 N–H and O–H groups in total. The lowest BCUT2D eigenvalue weighted by Gasteiger charge is -2.16. The molecule has 0 heterocycles. The second kappa shape index (κ2) is 7.26. The van der Waals surface area contributed by atoms with Crippen LogP contribution in [0.1, 0.15) is 23.7 Å². The number of nitrogens with one attached hydrogen (secondary N) is 1. The lowest BCUT2D eigenvalue weighted by atomic mass is 10.1. The van der Waals surface area contributed by atoms with Crippen molar-refractivity contribution in [1.29, 1.82) is 0 Å². The summed E-state index contributed by atoms with van der Waals surface area (Å²) in [6, 6.07) is 5.27. The summed E-state index contributed by atoms with van der Waals surface area (Å²) in [5, 5.41) is 3.66. The molecule has 1 rings (SSSR count). The third-order valence-corrected chi connectivity index (χ3v) is 3.45. The van der Waals surface area contributed by atoms with Crippen molar-refractivity contribution in [2.75, 3.05) is 19.5 Å². The summed E-state index contributed by atoms with van der Waals surface area (Å²) in [5.41, 5.74) is 0.483. The molecule has 18 heavy (non-hydrogen) atoms. The van der Waals surface area contributed by atoms with Crippen molar-refractivity contribution in [3.63, 3.8) is 0 Å². The number of halogens is 1. The highest BCUT2D eigenvalue weighted by Gasteiger charge is 2.16. The molecule has 0 saturated carbocycles. The number of amides is 1. The smallest absolute Gasteiger partial charge is 0.255 e. The number of benzene rings is 1. The molecule has 100 valence electrons. The number of ether oxygens (including phenoxy) is 2. The number of hydrogen-bond acceptors (Lipinski definition) is 3. The van der Waals surface area contributed by atoms with Crippen molar-refractivity contribution >= 4 is 21.8 Å². The van der Waals surface area contributed by atoms with E-state index in [9.17, 15) is 4.79 Å². The molecule has 0 aliphatic rings. The third-order valence-electron chi connectivity index (χ3n) is 2.67. The summed E-state index contributed by atoms with van der Waals surface area (Å²) in [4.78, 5) is 12.2. The Bertz CT molecular complexity index is 405. The standard InChI is InChI=1S/C13H18BrNO3/c1-4-9(8-14)15-13(16)11-7-10(17-2)5-6-12(11)18-3/h5-7,9H,4,8H2,1-3H3,(H,15,16). The first-order chi connectivity index (χ1) is 8.65. The monoisotopic (exact) mass is 315 g/mol. The summed E-state index contributed by atoms with van der Waals surface area (Å²) in [6.07, 6.45) is 0.864. The van der Waals surface area contributed by atoms with Gasteiger partial charge in [-0.25, -0.2) is 0 Å². The molecule has 0 aromatic heterocycles. The van der Waals surface area contributed by atoms with Gasteiger partial charge < -0.3 is 14.8 Å². The minimum Gasteiger partial charge on any atom is -0.497 e. The lowest BCUT2D eigenvalue weighted by molar-refractivity contribution is 0.0937. The SMILES string of the molecule is CCC(CBr)NC(=O)c1cc(OC)ccc1OC. The molecule has 0 aliphatic carbocycles. The van der Waals surface area contributed by atoms with Crippen LogP contribution in [0.5, 0.6) is 11.5 Å². The van der Waals surface area contributed by atoms with Crippen LogP contribution >= 0.6 is 15.9 Å². The summed E-state index contributed by atoms with van der Waals surface area (Å²) in [7, 11) is 3.11. The Labute approximate surface area is 116 Å². The van der Waals surface area contributed by atoms with Crippen molar-refractivity contribution < 1.29 is 14.3 Å². The maximum Gasteiger partial charge on any atom is 0.255 e. The largest absolute Gasteiger partial charge is 0.497 e. The van der Waals surface area contributed by atoms with Crippen molar-refractivity contribution in [3.8, 4) is 11.5 Å². The highest BCUT2D eigenvalue weighted by Crippen LogP contribution is 2.24. The van der Waals surface area contributed by atoms with Gasteiger partial charge in [-0.1, -0.05) is 22.9 Å². The zero-order valence-corrected chi connectivity index (χ0v) is 12.4. The van der Waals surface area contributed by atoms with Gasteiger partial charge in [0, 0.05) is 11.4 Å². The number of alkyl halides is 1. The molecule has 0 spiro atoms. The fourth-order valence-corrected chi connectivity index (χ4v) is 2.12. The normalized spacial score (nSPS) is 11.8. The van der Waals surface area contributed by atoms with E-state index in [1.54, 1.807) is 32.4 Å². The van der Waals surface area contributed by atoms with E-state index in [-0.39, 0.29) is 11.9 Å². The van der Waals surface area contributed by atoms with Crippen molar-refractivity contribution in [2.45, 2.75) is 19.4 Å². The minimum absolute atomic E-state index is 0.105. The van der Waals surface area contributed by atoms with E-state index in [0.717, 1.165) is 11.8 Å². The summed E-state index contributed by atoms with van der Waals surface area (Å²) in [6.45, 7) is 2.02. The molecule has 1 atom stereocenters. The molecular weight excluding hydrogens is 298 g/mol. The van der Waals surface area contributed by atoms with Crippen molar-refractivity contribution in [2.24, 2.45) is 0 Å². The van der Waals surface area contributed by atoms with Gasteiger partial charge in [0.15, 0.2) is 0 Å². The maximum atomic E-state index is 12.2. The summed E-state index contributed by atoms with van der Waals surface area (Å²) in [5.74, 6) is 1.02. The topological polar surface area (TPSA) is 47.6 Å². The molecule has 0 aliphatic heterocycles. The molecule has 1 unspecified atom stereocenters. The van der Waals surface area contributed by atoms with E-state index in [1.807, 2.05) is 6.92 Å². The first-order valence-corrected chi connectivity index (χ1v) is 6.87. The quantitative estimate of drug-likeness (QED) is 0.821. The van der Waals surface area contributed by atoms with Gasteiger partial charge in [-0.2, -0.15) is 0 Å². The van der Waals surface area contributed by atoms with Gasteiger partial charge in [0.25, 0.3) is 5.91 Å². The summed E-state index contributed by atoms with van der Waals surface area (Å²) < 4.78 is 10.3. The zero-order chi connectivity index (χ0) is 13.5. The van der Waals surface area contributed by atoms with Gasteiger partial charge in [-0.05, 0) is 24.6 Å². The van der Waals surface area contributed by atoms with Crippen LogP contribution in [0.4, 0.5) is 0 Å². The Morgan fingerprint density at radius 1 is 1.39 bits per heavy atom. The fourth-order valence-electron chi connectivity index (χ4n) is 1.50. The van der Waals surface area contributed by atoms with Crippen molar-refractivity contribution in [3.05, 3.63) is 23.8 Å². The molecule has 1 aromatic rings.